The fourth-order valence-electron chi connectivity index (χ4n) is 1.78. The molecule has 2 rings (SSSR count). The molecule has 94 valence electrons. The number of esters is 1. The Hall–Kier alpha value is -2.17. The van der Waals surface area contributed by atoms with Gasteiger partial charge in [0.05, 0.1) is 13.2 Å². The van der Waals surface area contributed by atoms with E-state index in [1.807, 2.05) is 30.3 Å². The first-order valence-corrected chi connectivity index (χ1v) is 5.82. The van der Waals surface area contributed by atoms with Crippen molar-refractivity contribution in [1.29, 1.82) is 0 Å². The first-order chi connectivity index (χ1) is 8.74. The lowest BCUT2D eigenvalue weighted by Crippen LogP contribution is -2.40. The summed E-state index contributed by atoms with van der Waals surface area (Å²) in [4.78, 5) is 29.0. The maximum absolute atomic E-state index is 11.9. The van der Waals surface area contributed by atoms with Gasteiger partial charge in [-0.15, -0.1) is 0 Å². The third-order valence-electron chi connectivity index (χ3n) is 2.57. The number of ether oxygens (including phenoxy) is 1. The second kappa shape index (κ2) is 5.44. The molecule has 0 N–H and O–H groups in total. The van der Waals surface area contributed by atoms with E-state index in [1.165, 1.54) is 4.90 Å². The highest BCUT2D eigenvalue weighted by Gasteiger charge is 2.30. The molecule has 1 aliphatic rings. The van der Waals surface area contributed by atoms with Crippen molar-refractivity contribution in [2.45, 2.75) is 6.92 Å². The van der Waals surface area contributed by atoms with E-state index in [-0.39, 0.29) is 6.61 Å². The molecule has 1 aliphatic heterocycles. The number of nitrogens with zero attached hydrogens (tertiary/aromatic N) is 2. The van der Waals surface area contributed by atoms with E-state index in [4.69, 9.17) is 4.74 Å². The minimum absolute atomic E-state index is 0.191. The van der Waals surface area contributed by atoms with Gasteiger partial charge in [0.15, 0.2) is 0 Å². The Balaban J connectivity index is 2.18. The standard InChI is InChI=1S/C13H14N2O3/c1-2-18-13(17)12(16)15-9-8-14-11(15)10-6-4-3-5-7-10/h3-7H,2,8-9H2,1H3. The lowest BCUT2D eigenvalue weighted by Gasteiger charge is -2.17. The number of aliphatic imine (C=N–C) groups is 1. The van der Waals surface area contributed by atoms with Crippen molar-refractivity contribution in [3.8, 4) is 0 Å². The number of carbonyl (C=O) groups excluding carboxylic acids is 2. The fraction of sp³-hybridized carbons (Fsp3) is 0.308. The van der Waals surface area contributed by atoms with Gasteiger partial charge in [-0.25, -0.2) is 4.79 Å². The zero-order chi connectivity index (χ0) is 13.0. The molecule has 0 saturated carbocycles. The summed E-state index contributed by atoms with van der Waals surface area (Å²) >= 11 is 0. The Labute approximate surface area is 105 Å². The van der Waals surface area contributed by atoms with E-state index in [9.17, 15) is 9.59 Å². The monoisotopic (exact) mass is 246 g/mol. The molecule has 0 aromatic heterocycles. The number of benzene rings is 1. The molecule has 1 amide bonds. The minimum Gasteiger partial charge on any atom is -0.459 e. The Morgan fingerprint density at radius 1 is 1.33 bits per heavy atom. The third-order valence-corrected chi connectivity index (χ3v) is 2.57. The second-order valence-corrected chi connectivity index (χ2v) is 3.75. The van der Waals surface area contributed by atoms with Gasteiger partial charge >= 0.3 is 11.9 Å². The number of carbonyl (C=O) groups is 2. The SMILES string of the molecule is CCOC(=O)C(=O)N1CCN=C1c1ccccc1. The molecular weight excluding hydrogens is 232 g/mol. The summed E-state index contributed by atoms with van der Waals surface area (Å²) in [6.07, 6.45) is 0. The van der Waals surface area contributed by atoms with Crippen LogP contribution in [0, 0.1) is 0 Å². The van der Waals surface area contributed by atoms with E-state index in [2.05, 4.69) is 4.99 Å². The van der Waals surface area contributed by atoms with Crippen molar-refractivity contribution in [2.75, 3.05) is 19.7 Å². The smallest absolute Gasteiger partial charge is 0.397 e. The van der Waals surface area contributed by atoms with Gasteiger partial charge in [-0.1, -0.05) is 30.3 Å². The predicted molar refractivity (Wildman–Crippen MR) is 66.2 cm³/mol. The molecule has 1 aromatic rings. The molecule has 0 saturated heterocycles. The number of amidine groups is 1. The van der Waals surface area contributed by atoms with E-state index < -0.39 is 11.9 Å². The van der Waals surface area contributed by atoms with E-state index in [0.29, 0.717) is 18.9 Å². The molecule has 5 heteroatoms. The van der Waals surface area contributed by atoms with Crippen LogP contribution in [0.3, 0.4) is 0 Å². The van der Waals surface area contributed by atoms with Crippen LogP contribution < -0.4 is 0 Å². The molecule has 0 spiro atoms. The summed E-state index contributed by atoms with van der Waals surface area (Å²) < 4.78 is 4.72. The van der Waals surface area contributed by atoms with Gasteiger partial charge in [-0.2, -0.15) is 0 Å². The van der Waals surface area contributed by atoms with Crippen LogP contribution in [-0.4, -0.2) is 42.3 Å². The summed E-state index contributed by atoms with van der Waals surface area (Å²) in [6, 6.07) is 9.33. The van der Waals surface area contributed by atoms with Crippen LogP contribution in [0.15, 0.2) is 35.3 Å². The molecule has 0 radical (unpaired) electrons. The zero-order valence-corrected chi connectivity index (χ0v) is 10.1. The first-order valence-electron chi connectivity index (χ1n) is 5.82. The highest BCUT2D eigenvalue weighted by Crippen LogP contribution is 2.11. The molecular formula is C13H14N2O3. The normalized spacial score (nSPS) is 14.3. The molecule has 18 heavy (non-hydrogen) atoms. The van der Waals surface area contributed by atoms with Crippen LogP contribution in [-0.2, 0) is 14.3 Å². The Morgan fingerprint density at radius 2 is 2.06 bits per heavy atom. The largest absolute Gasteiger partial charge is 0.459 e. The Kier molecular flexibility index (Phi) is 3.72. The van der Waals surface area contributed by atoms with E-state index in [0.717, 1.165) is 5.56 Å². The summed E-state index contributed by atoms with van der Waals surface area (Å²) in [6.45, 7) is 2.79. The lowest BCUT2D eigenvalue weighted by atomic mass is 10.2. The van der Waals surface area contributed by atoms with Crippen LogP contribution in [0.25, 0.3) is 0 Å². The van der Waals surface area contributed by atoms with Crippen molar-refractivity contribution in [3.63, 3.8) is 0 Å². The summed E-state index contributed by atoms with van der Waals surface area (Å²) in [5.41, 5.74) is 0.827. The second-order valence-electron chi connectivity index (χ2n) is 3.75. The molecule has 5 nitrogen and oxygen atoms in total. The molecule has 1 heterocycles. The summed E-state index contributed by atoms with van der Waals surface area (Å²) in [5, 5.41) is 0. The van der Waals surface area contributed by atoms with Crippen molar-refractivity contribution in [2.24, 2.45) is 4.99 Å². The van der Waals surface area contributed by atoms with Gasteiger partial charge in [0.2, 0.25) is 0 Å². The number of hydrogen-bond donors (Lipinski definition) is 0. The Morgan fingerprint density at radius 3 is 2.72 bits per heavy atom. The van der Waals surface area contributed by atoms with Crippen LogP contribution in [0.2, 0.25) is 0 Å². The number of rotatable bonds is 2. The van der Waals surface area contributed by atoms with Crippen LogP contribution >= 0.6 is 0 Å². The first kappa shape index (κ1) is 12.3. The van der Waals surface area contributed by atoms with Crippen LogP contribution in [0.4, 0.5) is 0 Å². The van der Waals surface area contributed by atoms with Gasteiger partial charge in [0.1, 0.15) is 5.84 Å². The van der Waals surface area contributed by atoms with Gasteiger partial charge in [-0.3, -0.25) is 14.7 Å². The average molecular weight is 246 g/mol. The van der Waals surface area contributed by atoms with Crippen molar-refractivity contribution < 1.29 is 14.3 Å². The topological polar surface area (TPSA) is 59.0 Å². The van der Waals surface area contributed by atoms with Crippen LogP contribution in [0.1, 0.15) is 12.5 Å². The van der Waals surface area contributed by atoms with Gasteiger partial charge in [-0.05, 0) is 6.92 Å². The van der Waals surface area contributed by atoms with E-state index in [1.54, 1.807) is 6.92 Å². The predicted octanol–water partition coefficient (Wildman–Crippen LogP) is 0.838. The summed E-state index contributed by atoms with van der Waals surface area (Å²) in [5.74, 6) is -0.950. The molecule has 0 bridgehead atoms. The van der Waals surface area contributed by atoms with Crippen molar-refractivity contribution in [3.05, 3.63) is 35.9 Å². The third kappa shape index (κ3) is 2.40. The molecule has 1 aromatic carbocycles. The fourth-order valence-corrected chi connectivity index (χ4v) is 1.78. The van der Waals surface area contributed by atoms with E-state index >= 15 is 0 Å². The average Bonchev–Trinajstić information content (AvgIpc) is 2.88. The Bertz CT molecular complexity index is 482. The number of hydrogen-bond acceptors (Lipinski definition) is 4. The van der Waals surface area contributed by atoms with Crippen LogP contribution in [0.5, 0.6) is 0 Å². The molecule has 0 unspecified atom stereocenters. The summed E-state index contributed by atoms with van der Waals surface area (Å²) in [7, 11) is 0. The zero-order valence-electron chi connectivity index (χ0n) is 10.1. The maximum Gasteiger partial charge on any atom is 0.397 e. The van der Waals surface area contributed by atoms with Crippen molar-refractivity contribution in [1.82, 2.24) is 4.90 Å². The molecule has 0 atom stereocenters. The highest BCUT2D eigenvalue weighted by atomic mass is 16.5. The lowest BCUT2D eigenvalue weighted by molar-refractivity contribution is -0.157. The van der Waals surface area contributed by atoms with Gasteiger partial charge < -0.3 is 4.74 Å². The van der Waals surface area contributed by atoms with Crippen molar-refractivity contribution >= 4 is 17.7 Å². The maximum atomic E-state index is 11.9. The number of amides is 1. The van der Waals surface area contributed by atoms with Gasteiger partial charge in [0, 0.05) is 12.1 Å². The minimum atomic E-state index is -0.831. The quantitative estimate of drug-likeness (QED) is 0.574. The van der Waals surface area contributed by atoms with Gasteiger partial charge in [0.25, 0.3) is 0 Å². The molecule has 0 fully saturated rings. The highest BCUT2D eigenvalue weighted by molar-refractivity contribution is 6.36. The molecule has 0 aliphatic carbocycles.